The lowest BCUT2D eigenvalue weighted by Gasteiger charge is -2.31. The Morgan fingerprint density at radius 2 is 1.42 bits per heavy atom. The second-order valence-corrected chi connectivity index (χ2v) is 7.42. The number of piperidine rings is 2. The Hall–Kier alpha value is -2.18. The monoisotopic (exact) mass is 365 g/mol. The molecular formula is C19H31N3O4. The lowest BCUT2D eigenvalue weighted by Crippen LogP contribution is -2.45. The van der Waals surface area contributed by atoms with Gasteiger partial charge >= 0.3 is 0 Å². The molecule has 0 radical (unpaired) electrons. The van der Waals surface area contributed by atoms with Gasteiger partial charge in [-0.05, 0) is 27.7 Å². The van der Waals surface area contributed by atoms with Crippen molar-refractivity contribution >= 4 is 23.4 Å². The predicted octanol–water partition coefficient (Wildman–Crippen LogP) is 1.23. The van der Waals surface area contributed by atoms with Crippen LogP contribution in [0.1, 0.15) is 47.0 Å². The van der Waals surface area contributed by atoms with Gasteiger partial charge in [-0.2, -0.15) is 0 Å². The van der Waals surface area contributed by atoms with Crippen LogP contribution < -0.4 is 0 Å². The van der Waals surface area contributed by atoms with Crippen LogP contribution >= 0.6 is 0 Å². The van der Waals surface area contributed by atoms with Crippen molar-refractivity contribution in [1.29, 1.82) is 0 Å². The summed E-state index contributed by atoms with van der Waals surface area (Å²) < 4.78 is 0. The van der Waals surface area contributed by atoms with E-state index in [-0.39, 0.29) is 41.9 Å². The van der Waals surface area contributed by atoms with Crippen LogP contribution in [0, 0.1) is 0 Å². The van der Waals surface area contributed by atoms with Crippen molar-refractivity contribution in [3.8, 4) is 0 Å². The third-order valence-corrected chi connectivity index (χ3v) is 4.31. The highest BCUT2D eigenvalue weighted by Crippen LogP contribution is 2.16. The fourth-order valence-electron chi connectivity index (χ4n) is 2.88. The number of likely N-dealkylation sites (tertiary alicyclic amines) is 2. The Bertz CT molecular complexity index is 594. The maximum atomic E-state index is 11.9. The molecule has 0 aliphatic carbocycles. The molecule has 7 heteroatoms. The zero-order valence-electron chi connectivity index (χ0n) is 16.7. The summed E-state index contributed by atoms with van der Waals surface area (Å²) in [5.74, 6) is -0.135. The van der Waals surface area contributed by atoms with Crippen LogP contribution in [-0.2, 0) is 19.2 Å². The largest absolute Gasteiger partial charge is 0.383 e. The summed E-state index contributed by atoms with van der Waals surface area (Å²) in [6.45, 7) is 9.00. The third kappa shape index (κ3) is 5.97. The van der Waals surface area contributed by atoms with Crippen molar-refractivity contribution in [2.45, 2.75) is 59.0 Å². The predicted molar refractivity (Wildman–Crippen MR) is 99.3 cm³/mol. The van der Waals surface area contributed by atoms with E-state index in [1.54, 1.807) is 20.9 Å². The van der Waals surface area contributed by atoms with E-state index in [4.69, 9.17) is 0 Å². The number of nitrogens with zero attached hydrogens (tertiary/aromatic N) is 3. The zero-order valence-corrected chi connectivity index (χ0v) is 16.7. The van der Waals surface area contributed by atoms with Crippen LogP contribution in [0.15, 0.2) is 11.8 Å². The molecule has 0 aromatic carbocycles. The summed E-state index contributed by atoms with van der Waals surface area (Å²) >= 11 is 0. The highest BCUT2D eigenvalue weighted by molar-refractivity contribution is 6.20. The van der Waals surface area contributed by atoms with Gasteiger partial charge in [0.25, 0.3) is 5.91 Å². The van der Waals surface area contributed by atoms with Gasteiger partial charge in [0.15, 0.2) is 5.78 Å². The Morgan fingerprint density at radius 1 is 0.885 bits per heavy atom. The SMILES string of the molecule is CC(C)N1CCC(=O)C(=CN(C)C)C1=O.CC(C)N1CCC(=O)CC1=O. The Morgan fingerprint density at radius 3 is 1.88 bits per heavy atom. The second kappa shape index (κ2) is 9.50. The van der Waals surface area contributed by atoms with Gasteiger partial charge in [0.2, 0.25) is 5.91 Å². The minimum Gasteiger partial charge on any atom is -0.383 e. The van der Waals surface area contributed by atoms with Crippen LogP contribution in [-0.4, -0.2) is 77.3 Å². The number of hydrogen-bond acceptors (Lipinski definition) is 5. The second-order valence-electron chi connectivity index (χ2n) is 7.42. The van der Waals surface area contributed by atoms with Gasteiger partial charge in [-0.3, -0.25) is 19.2 Å². The van der Waals surface area contributed by atoms with Crippen LogP contribution in [0.5, 0.6) is 0 Å². The van der Waals surface area contributed by atoms with E-state index in [0.717, 1.165) is 0 Å². The fourth-order valence-corrected chi connectivity index (χ4v) is 2.88. The smallest absolute Gasteiger partial charge is 0.259 e. The lowest BCUT2D eigenvalue weighted by atomic mass is 10.0. The number of ketones is 2. The van der Waals surface area contributed by atoms with E-state index in [0.29, 0.717) is 31.5 Å². The van der Waals surface area contributed by atoms with Gasteiger partial charge in [-0.25, -0.2) is 0 Å². The van der Waals surface area contributed by atoms with Crippen molar-refractivity contribution in [2.24, 2.45) is 0 Å². The van der Waals surface area contributed by atoms with Crippen LogP contribution in [0.25, 0.3) is 0 Å². The number of amides is 2. The molecule has 0 aromatic heterocycles. The molecular weight excluding hydrogens is 334 g/mol. The van der Waals surface area contributed by atoms with Gasteiger partial charge < -0.3 is 14.7 Å². The lowest BCUT2D eigenvalue weighted by molar-refractivity contribution is -0.141. The summed E-state index contributed by atoms with van der Waals surface area (Å²) in [6, 6.07) is 0.381. The first-order valence-corrected chi connectivity index (χ1v) is 9.08. The highest BCUT2D eigenvalue weighted by atomic mass is 16.2. The number of hydrogen-bond donors (Lipinski definition) is 0. The molecule has 0 saturated carbocycles. The van der Waals surface area contributed by atoms with Crippen LogP contribution in [0.4, 0.5) is 0 Å². The number of rotatable bonds is 3. The molecule has 0 aromatic rings. The Balaban J connectivity index is 0.000000273. The number of Topliss-reactive ketones (excluding diaryl/α,β-unsaturated/α-hetero) is 2. The van der Waals surface area contributed by atoms with Crippen LogP contribution in [0.3, 0.4) is 0 Å². The summed E-state index contributed by atoms with van der Waals surface area (Å²) in [6.07, 6.45) is 2.69. The summed E-state index contributed by atoms with van der Waals surface area (Å²) in [4.78, 5) is 50.6. The molecule has 2 aliphatic rings. The molecule has 2 rings (SSSR count). The van der Waals surface area contributed by atoms with Crippen molar-refractivity contribution in [3.63, 3.8) is 0 Å². The average Bonchev–Trinajstić information content (AvgIpc) is 2.51. The Labute approximate surface area is 156 Å². The third-order valence-electron chi connectivity index (χ3n) is 4.31. The van der Waals surface area contributed by atoms with Gasteiger partial charge in [-0.15, -0.1) is 0 Å². The van der Waals surface area contributed by atoms with Crippen molar-refractivity contribution in [3.05, 3.63) is 11.8 Å². The molecule has 0 spiro atoms. The van der Waals surface area contributed by atoms with Crippen molar-refractivity contribution < 1.29 is 19.2 Å². The Kier molecular flexibility index (Phi) is 7.99. The normalized spacial score (nSPS) is 20.1. The standard InChI is InChI=1S/C11H18N2O2.C8H13NO2/c1-8(2)13-6-5-10(14)9(11(13)15)7-12(3)4;1-6(2)9-4-3-7(10)5-8(9)11/h7-8H,5-6H2,1-4H3;6H,3-5H2,1-2H3. The van der Waals surface area contributed by atoms with Gasteiger partial charge in [-0.1, -0.05) is 0 Å². The average molecular weight is 365 g/mol. The summed E-state index contributed by atoms with van der Waals surface area (Å²) in [5, 5.41) is 0. The minimum absolute atomic E-state index is 0.0174. The molecule has 0 atom stereocenters. The minimum atomic E-state index is -0.144. The number of carbonyl (C=O) groups excluding carboxylic acids is 4. The van der Waals surface area contributed by atoms with Gasteiger partial charge in [0.05, 0.1) is 12.0 Å². The van der Waals surface area contributed by atoms with Crippen molar-refractivity contribution in [2.75, 3.05) is 27.2 Å². The highest BCUT2D eigenvalue weighted by Gasteiger charge is 2.31. The molecule has 2 heterocycles. The summed E-state index contributed by atoms with van der Waals surface area (Å²) in [5.41, 5.74) is 0.306. The van der Waals surface area contributed by atoms with Gasteiger partial charge in [0.1, 0.15) is 5.78 Å². The van der Waals surface area contributed by atoms with E-state index in [2.05, 4.69) is 0 Å². The van der Waals surface area contributed by atoms with E-state index in [1.165, 1.54) is 0 Å². The zero-order chi connectivity index (χ0) is 20.0. The first kappa shape index (κ1) is 21.9. The molecule has 2 fully saturated rings. The maximum Gasteiger partial charge on any atom is 0.259 e. The van der Waals surface area contributed by atoms with E-state index in [9.17, 15) is 19.2 Å². The van der Waals surface area contributed by atoms with Gasteiger partial charge in [0, 0.05) is 58.3 Å². The molecule has 2 saturated heterocycles. The number of carbonyl (C=O) groups is 4. The molecule has 0 unspecified atom stereocenters. The molecule has 26 heavy (non-hydrogen) atoms. The summed E-state index contributed by atoms with van der Waals surface area (Å²) in [7, 11) is 3.61. The van der Waals surface area contributed by atoms with Crippen molar-refractivity contribution in [1.82, 2.24) is 14.7 Å². The molecule has 7 nitrogen and oxygen atoms in total. The first-order chi connectivity index (χ1) is 12.0. The molecule has 0 N–H and O–H groups in total. The fraction of sp³-hybridized carbons (Fsp3) is 0.684. The van der Waals surface area contributed by atoms with E-state index in [1.807, 2.05) is 41.8 Å². The molecule has 2 aliphatic heterocycles. The topological polar surface area (TPSA) is 78.0 Å². The van der Waals surface area contributed by atoms with E-state index >= 15 is 0 Å². The maximum absolute atomic E-state index is 11.9. The quantitative estimate of drug-likeness (QED) is 0.427. The molecule has 0 bridgehead atoms. The van der Waals surface area contributed by atoms with E-state index < -0.39 is 0 Å². The van der Waals surface area contributed by atoms with Crippen LogP contribution in [0.2, 0.25) is 0 Å². The molecule has 146 valence electrons. The molecule has 2 amide bonds. The first-order valence-electron chi connectivity index (χ1n) is 9.08.